The van der Waals surface area contributed by atoms with Crippen molar-refractivity contribution in [2.24, 2.45) is 0 Å². The number of hydroxylamine groups is 1. The van der Waals surface area contributed by atoms with Gasteiger partial charge in [-0.2, -0.15) is 4.79 Å². The standard InChI is InChI=1S/C21H31N7O2/c1-22-20-17(21(23-2)28(24-3)25-20)12-14-27-13-4-5-18(27)16-9-6-15(7-10-16)8-11-19(29)26-30/h6-11,18,23-24,30H,4-5,12-14H2,1-3H3,(H,22,25)(H,26,29)/b11-8+/t18-/m0/s1. The van der Waals surface area contributed by atoms with Gasteiger partial charge < -0.3 is 16.1 Å². The second kappa shape index (κ2) is 10.1. The van der Waals surface area contributed by atoms with Crippen molar-refractivity contribution >= 4 is 23.6 Å². The molecule has 2 heterocycles. The molecule has 0 spiro atoms. The molecule has 30 heavy (non-hydrogen) atoms. The smallest absolute Gasteiger partial charge is 0.267 e. The maximum absolute atomic E-state index is 11.1. The Labute approximate surface area is 177 Å². The van der Waals surface area contributed by atoms with Crippen molar-refractivity contribution in [3.8, 4) is 0 Å². The summed E-state index contributed by atoms with van der Waals surface area (Å²) in [6.45, 7) is 2.02. The number of hydrogen-bond acceptors (Lipinski definition) is 7. The van der Waals surface area contributed by atoms with Gasteiger partial charge in [0.2, 0.25) is 0 Å². The van der Waals surface area contributed by atoms with Crippen LogP contribution >= 0.6 is 0 Å². The zero-order chi connectivity index (χ0) is 21.5. The van der Waals surface area contributed by atoms with Crippen molar-refractivity contribution in [2.45, 2.75) is 25.3 Å². The Kier molecular flexibility index (Phi) is 7.31. The first-order valence-corrected chi connectivity index (χ1v) is 10.2. The SMILES string of the molecule is CNc1nn(NC)c(NC)c1CCN1CCC[C@H]1c1ccc(/C=C/C(=O)NO)cc1. The van der Waals surface area contributed by atoms with Gasteiger partial charge >= 0.3 is 0 Å². The fourth-order valence-corrected chi connectivity index (χ4v) is 4.07. The Morgan fingerprint density at radius 1 is 1.23 bits per heavy atom. The Balaban J connectivity index is 1.69. The predicted molar refractivity (Wildman–Crippen MR) is 119 cm³/mol. The highest BCUT2D eigenvalue weighted by molar-refractivity contribution is 5.90. The molecular formula is C21H31N7O2. The molecule has 1 saturated heterocycles. The number of rotatable bonds is 9. The van der Waals surface area contributed by atoms with Gasteiger partial charge in [-0.1, -0.05) is 24.3 Å². The third kappa shape index (κ3) is 4.74. The third-order valence-electron chi connectivity index (χ3n) is 5.54. The molecule has 9 nitrogen and oxygen atoms in total. The number of carbonyl (C=O) groups excluding carboxylic acids is 1. The van der Waals surface area contributed by atoms with E-state index in [0.717, 1.165) is 43.1 Å². The number of nitrogens with zero attached hydrogens (tertiary/aromatic N) is 3. The summed E-state index contributed by atoms with van der Waals surface area (Å²) in [6, 6.07) is 8.64. The van der Waals surface area contributed by atoms with Crippen LogP contribution in [0.15, 0.2) is 30.3 Å². The van der Waals surface area contributed by atoms with Crippen LogP contribution in [0.5, 0.6) is 0 Å². The van der Waals surface area contributed by atoms with E-state index in [1.54, 1.807) is 16.3 Å². The van der Waals surface area contributed by atoms with E-state index in [0.29, 0.717) is 6.04 Å². The summed E-state index contributed by atoms with van der Waals surface area (Å²) in [5.41, 5.74) is 8.04. The summed E-state index contributed by atoms with van der Waals surface area (Å²) in [7, 11) is 5.65. The number of amides is 1. The number of carbonyl (C=O) groups is 1. The number of aromatic nitrogens is 2. The molecule has 0 radical (unpaired) electrons. The first-order valence-electron chi connectivity index (χ1n) is 10.2. The third-order valence-corrected chi connectivity index (χ3v) is 5.54. The molecule has 0 aliphatic carbocycles. The van der Waals surface area contributed by atoms with Gasteiger partial charge in [0.25, 0.3) is 5.91 Å². The summed E-state index contributed by atoms with van der Waals surface area (Å²) in [4.78, 5) is 15.4. The maximum Gasteiger partial charge on any atom is 0.267 e. The van der Waals surface area contributed by atoms with Crippen LogP contribution in [0.2, 0.25) is 0 Å². The molecule has 5 N–H and O–H groups in total. The van der Waals surface area contributed by atoms with Crippen LogP contribution in [0.4, 0.5) is 11.6 Å². The molecule has 1 aliphatic heterocycles. The normalized spacial score (nSPS) is 16.7. The fraction of sp³-hybridized carbons (Fsp3) is 0.429. The van der Waals surface area contributed by atoms with Gasteiger partial charge in [0.15, 0.2) is 11.6 Å². The van der Waals surface area contributed by atoms with E-state index in [4.69, 9.17) is 5.21 Å². The van der Waals surface area contributed by atoms with Crippen LogP contribution in [-0.2, 0) is 11.2 Å². The number of anilines is 2. The summed E-state index contributed by atoms with van der Waals surface area (Å²) < 4.78 is 0. The van der Waals surface area contributed by atoms with E-state index in [2.05, 4.69) is 38.2 Å². The first kappa shape index (κ1) is 21.7. The Morgan fingerprint density at radius 2 is 2.00 bits per heavy atom. The van der Waals surface area contributed by atoms with E-state index >= 15 is 0 Å². The minimum absolute atomic E-state index is 0.388. The van der Waals surface area contributed by atoms with Crippen LogP contribution in [0, 0.1) is 0 Å². The lowest BCUT2D eigenvalue weighted by Crippen LogP contribution is -2.26. The van der Waals surface area contributed by atoms with Crippen molar-refractivity contribution in [2.75, 3.05) is 50.3 Å². The highest BCUT2D eigenvalue weighted by Gasteiger charge is 2.26. The second-order valence-corrected chi connectivity index (χ2v) is 7.23. The Bertz CT molecular complexity index is 876. The summed E-state index contributed by atoms with van der Waals surface area (Å²) >= 11 is 0. The van der Waals surface area contributed by atoms with Gasteiger partial charge in [-0.15, -0.1) is 5.10 Å². The molecule has 1 atom stereocenters. The van der Waals surface area contributed by atoms with Crippen molar-refractivity contribution in [1.29, 1.82) is 0 Å². The monoisotopic (exact) mass is 413 g/mol. The molecule has 1 aliphatic rings. The molecule has 1 amide bonds. The predicted octanol–water partition coefficient (Wildman–Crippen LogP) is 2.04. The van der Waals surface area contributed by atoms with E-state index < -0.39 is 5.91 Å². The van der Waals surface area contributed by atoms with Crippen LogP contribution in [-0.4, -0.2) is 60.1 Å². The van der Waals surface area contributed by atoms with Crippen LogP contribution in [0.25, 0.3) is 6.08 Å². The molecule has 1 aromatic carbocycles. The van der Waals surface area contributed by atoms with Gasteiger partial charge in [-0.3, -0.25) is 14.9 Å². The van der Waals surface area contributed by atoms with Gasteiger partial charge in [0.05, 0.1) is 0 Å². The molecule has 1 fully saturated rings. The van der Waals surface area contributed by atoms with Crippen LogP contribution < -0.4 is 21.5 Å². The highest BCUT2D eigenvalue weighted by Crippen LogP contribution is 2.33. The van der Waals surface area contributed by atoms with Crippen molar-refractivity contribution in [1.82, 2.24) is 20.3 Å². The molecule has 0 unspecified atom stereocenters. The van der Waals surface area contributed by atoms with Gasteiger partial charge in [-0.25, -0.2) is 5.48 Å². The molecule has 0 bridgehead atoms. The van der Waals surface area contributed by atoms with Gasteiger partial charge in [0, 0.05) is 45.4 Å². The quantitative estimate of drug-likeness (QED) is 0.243. The molecular weight excluding hydrogens is 382 g/mol. The first-order chi connectivity index (χ1) is 14.6. The number of likely N-dealkylation sites (tertiary alicyclic amines) is 1. The molecule has 2 aromatic rings. The Hall–Kier alpha value is -3.04. The van der Waals surface area contributed by atoms with Crippen molar-refractivity contribution in [3.05, 3.63) is 47.0 Å². The van der Waals surface area contributed by atoms with Crippen LogP contribution in [0.3, 0.4) is 0 Å². The molecule has 3 rings (SSSR count). The van der Waals surface area contributed by atoms with Crippen LogP contribution in [0.1, 0.15) is 35.6 Å². The lowest BCUT2D eigenvalue weighted by molar-refractivity contribution is -0.124. The minimum atomic E-state index is -0.537. The topological polar surface area (TPSA) is 106 Å². The summed E-state index contributed by atoms with van der Waals surface area (Å²) in [5, 5.41) is 19.6. The lowest BCUT2D eigenvalue weighted by Gasteiger charge is -2.25. The second-order valence-electron chi connectivity index (χ2n) is 7.23. The van der Waals surface area contributed by atoms with Crippen molar-refractivity contribution < 1.29 is 10.0 Å². The minimum Gasteiger partial charge on any atom is -0.371 e. The highest BCUT2D eigenvalue weighted by atomic mass is 16.5. The zero-order valence-corrected chi connectivity index (χ0v) is 17.8. The molecule has 9 heteroatoms. The maximum atomic E-state index is 11.1. The Morgan fingerprint density at radius 3 is 2.63 bits per heavy atom. The number of nitrogens with one attached hydrogen (secondary N) is 4. The van der Waals surface area contributed by atoms with E-state index in [1.165, 1.54) is 23.6 Å². The fourth-order valence-electron chi connectivity index (χ4n) is 4.07. The molecule has 0 saturated carbocycles. The largest absolute Gasteiger partial charge is 0.371 e. The molecule has 162 valence electrons. The van der Waals surface area contributed by atoms with E-state index in [-0.39, 0.29) is 0 Å². The van der Waals surface area contributed by atoms with Gasteiger partial charge in [-0.05, 0) is 43.0 Å². The lowest BCUT2D eigenvalue weighted by atomic mass is 10.0. The summed E-state index contributed by atoms with van der Waals surface area (Å²) in [6.07, 6.45) is 6.19. The number of benzene rings is 1. The summed E-state index contributed by atoms with van der Waals surface area (Å²) in [5.74, 6) is 1.32. The molecule has 1 aromatic heterocycles. The number of hydrogen-bond donors (Lipinski definition) is 5. The van der Waals surface area contributed by atoms with E-state index in [1.807, 2.05) is 33.3 Å². The van der Waals surface area contributed by atoms with Gasteiger partial charge in [0.1, 0.15) is 0 Å². The van der Waals surface area contributed by atoms with Crippen molar-refractivity contribution in [3.63, 3.8) is 0 Å². The average molecular weight is 414 g/mol. The van der Waals surface area contributed by atoms with E-state index in [9.17, 15) is 4.79 Å². The zero-order valence-electron chi connectivity index (χ0n) is 17.8. The average Bonchev–Trinajstić information content (AvgIpc) is 3.39.